The number of hydrogen-bond donors (Lipinski definition) is 4. The quantitative estimate of drug-likeness (QED) is 0.216. The minimum absolute atomic E-state index is 0.319. The van der Waals surface area contributed by atoms with Gasteiger partial charge in [-0.25, -0.2) is 0 Å². The van der Waals surface area contributed by atoms with Gasteiger partial charge >= 0.3 is 17.9 Å². The first-order chi connectivity index (χ1) is 13.8. The lowest BCUT2D eigenvalue weighted by Crippen LogP contribution is -2.32. The smallest absolute Gasteiger partial charge is 0.321 e. The number of carboxylic acid groups (broad SMARTS) is 3. The van der Waals surface area contributed by atoms with Crippen molar-refractivity contribution < 1.29 is 29.7 Å². The topological polar surface area (TPSA) is 138 Å². The molecule has 0 aromatic carbocycles. The zero-order chi connectivity index (χ0) is 22.3. The monoisotopic (exact) mass is 411 g/mol. The molecule has 0 heterocycles. The first kappa shape index (κ1) is 28.8. The molecule has 0 aliphatic rings. The van der Waals surface area contributed by atoms with Crippen LogP contribution >= 0.6 is 0 Å². The predicted molar refractivity (Wildman–Crippen MR) is 115 cm³/mol. The van der Waals surface area contributed by atoms with Crippen molar-refractivity contribution in [2.24, 2.45) is 5.73 Å². The lowest BCUT2D eigenvalue weighted by atomic mass is 10.1. The second kappa shape index (κ2) is 21.9. The molecule has 7 heteroatoms. The molecule has 7 nitrogen and oxygen atoms in total. The molecule has 166 valence electrons. The SMILES string of the molecule is CC/C=C\C/C=C\C/C=C\CCCCCCCC(=O)O.N[C@@H](CC(=O)O)C(=O)O. The Morgan fingerprint density at radius 1 is 0.759 bits per heavy atom. The molecular weight excluding hydrogens is 374 g/mol. The van der Waals surface area contributed by atoms with Crippen LogP contribution in [0.15, 0.2) is 36.5 Å². The third-order valence-corrected chi connectivity index (χ3v) is 3.75. The number of aliphatic carboxylic acids is 3. The second-order valence-corrected chi connectivity index (χ2v) is 6.54. The molecule has 0 saturated heterocycles. The summed E-state index contributed by atoms with van der Waals surface area (Å²) in [5.41, 5.74) is 4.84. The van der Waals surface area contributed by atoms with Crippen molar-refractivity contribution >= 4 is 17.9 Å². The molecule has 0 radical (unpaired) electrons. The summed E-state index contributed by atoms with van der Waals surface area (Å²) >= 11 is 0. The van der Waals surface area contributed by atoms with E-state index in [1.807, 2.05) is 0 Å². The summed E-state index contributed by atoms with van der Waals surface area (Å²) in [6, 6.07) is -1.29. The van der Waals surface area contributed by atoms with Gasteiger partial charge in [-0.3, -0.25) is 14.4 Å². The zero-order valence-corrected chi connectivity index (χ0v) is 17.5. The number of carboxylic acids is 3. The van der Waals surface area contributed by atoms with Crippen LogP contribution in [0.1, 0.15) is 77.6 Å². The molecule has 0 fully saturated rings. The van der Waals surface area contributed by atoms with E-state index in [4.69, 9.17) is 21.1 Å². The van der Waals surface area contributed by atoms with E-state index >= 15 is 0 Å². The molecule has 0 amide bonds. The van der Waals surface area contributed by atoms with Crippen molar-refractivity contribution in [1.82, 2.24) is 0 Å². The fourth-order valence-corrected chi connectivity index (χ4v) is 2.17. The minimum Gasteiger partial charge on any atom is -0.481 e. The van der Waals surface area contributed by atoms with Crippen LogP contribution in [0.25, 0.3) is 0 Å². The van der Waals surface area contributed by atoms with Crippen LogP contribution < -0.4 is 5.73 Å². The molecule has 0 aromatic heterocycles. The van der Waals surface area contributed by atoms with Crippen LogP contribution in [0.4, 0.5) is 0 Å². The summed E-state index contributed by atoms with van der Waals surface area (Å²) < 4.78 is 0. The molecule has 5 N–H and O–H groups in total. The highest BCUT2D eigenvalue weighted by atomic mass is 16.4. The third kappa shape index (κ3) is 27.9. The minimum atomic E-state index is -1.29. The zero-order valence-electron chi connectivity index (χ0n) is 17.5. The average molecular weight is 412 g/mol. The van der Waals surface area contributed by atoms with Crippen molar-refractivity contribution in [2.45, 2.75) is 83.6 Å². The fraction of sp³-hybridized carbons (Fsp3) is 0.591. The van der Waals surface area contributed by atoms with Gasteiger partial charge in [-0.1, -0.05) is 62.6 Å². The maximum absolute atomic E-state index is 10.3. The molecule has 0 unspecified atom stereocenters. The second-order valence-electron chi connectivity index (χ2n) is 6.54. The molecule has 0 spiro atoms. The van der Waals surface area contributed by atoms with Gasteiger partial charge < -0.3 is 21.1 Å². The highest BCUT2D eigenvalue weighted by molar-refractivity contribution is 5.80. The molecule has 0 rings (SSSR count). The van der Waals surface area contributed by atoms with Gasteiger partial charge in [0.25, 0.3) is 0 Å². The van der Waals surface area contributed by atoms with Crippen LogP contribution in [0.5, 0.6) is 0 Å². The van der Waals surface area contributed by atoms with E-state index in [-0.39, 0.29) is 0 Å². The average Bonchev–Trinajstić information content (AvgIpc) is 2.64. The number of carbonyl (C=O) groups is 3. The van der Waals surface area contributed by atoms with Gasteiger partial charge in [0.05, 0.1) is 6.42 Å². The number of unbranched alkanes of at least 4 members (excludes halogenated alkanes) is 5. The predicted octanol–water partition coefficient (Wildman–Crippen LogP) is 4.53. The van der Waals surface area contributed by atoms with E-state index in [0.29, 0.717) is 6.42 Å². The highest BCUT2D eigenvalue weighted by Gasteiger charge is 2.14. The molecule has 0 saturated carbocycles. The number of hydrogen-bond acceptors (Lipinski definition) is 4. The van der Waals surface area contributed by atoms with Gasteiger partial charge in [-0.15, -0.1) is 0 Å². The lowest BCUT2D eigenvalue weighted by molar-refractivity contribution is -0.144. The molecule has 29 heavy (non-hydrogen) atoms. The number of rotatable bonds is 16. The first-order valence-corrected chi connectivity index (χ1v) is 10.2. The Morgan fingerprint density at radius 3 is 1.76 bits per heavy atom. The van der Waals surface area contributed by atoms with Crippen molar-refractivity contribution in [1.29, 1.82) is 0 Å². The van der Waals surface area contributed by atoms with Crippen molar-refractivity contribution in [3.05, 3.63) is 36.5 Å². The summed E-state index contributed by atoms with van der Waals surface area (Å²) in [6.07, 6.45) is 22.8. The van der Waals surface area contributed by atoms with E-state index in [1.54, 1.807) is 0 Å². The standard InChI is InChI=1S/C18H30O2.C4H7NO4/c1-2-3-4-5-6-7-8-9-10-11-12-13-14-15-16-17-18(19)20;5-2(4(8)9)1-3(6)7/h3-4,6-7,9-10H,2,5,8,11-17H2,1H3,(H,19,20);2H,1,5H2,(H,6,7)(H,8,9)/b4-3-,7-6-,10-9-;/t;2-/m.0/s1. The normalized spacial score (nSPS) is 12.2. The maximum Gasteiger partial charge on any atom is 0.321 e. The summed E-state index contributed by atoms with van der Waals surface area (Å²) in [6.45, 7) is 2.15. The van der Waals surface area contributed by atoms with Gasteiger partial charge in [0.15, 0.2) is 0 Å². The summed E-state index contributed by atoms with van der Waals surface area (Å²) in [5.74, 6) is -3.17. The van der Waals surface area contributed by atoms with Crippen LogP contribution in [0.2, 0.25) is 0 Å². The van der Waals surface area contributed by atoms with Crippen molar-refractivity contribution in [2.75, 3.05) is 0 Å². The van der Waals surface area contributed by atoms with Gasteiger partial charge in [0, 0.05) is 6.42 Å². The van der Waals surface area contributed by atoms with E-state index in [2.05, 4.69) is 43.4 Å². The van der Waals surface area contributed by atoms with Crippen molar-refractivity contribution in [3.8, 4) is 0 Å². The highest BCUT2D eigenvalue weighted by Crippen LogP contribution is 2.07. The Bertz CT molecular complexity index is 525. The van der Waals surface area contributed by atoms with E-state index in [9.17, 15) is 14.4 Å². The molecule has 0 aromatic rings. The van der Waals surface area contributed by atoms with Gasteiger partial charge in [0.2, 0.25) is 0 Å². The molecule has 0 aliphatic heterocycles. The number of allylic oxidation sites excluding steroid dienone is 6. The molecule has 1 atom stereocenters. The summed E-state index contributed by atoms with van der Waals surface area (Å²) in [5, 5.41) is 24.5. The van der Waals surface area contributed by atoms with E-state index in [0.717, 1.165) is 44.9 Å². The van der Waals surface area contributed by atoms with Crippen LogP contribution in [-0.4, -0.2) is 39.3 Å². The Labute approximate surface area is 174 Å². The lowest BCUT2D eigenvalue weighted by Gasteiger charge is -1.99. The maximum atomic E-state index is 10.3. The molecular formula is C22H37NO6. The Hall–Kier alpha value is -2.41. The Morgan fingerprint density at radius 2 is 1.28 bits per heavy atom. The van der Waals surface area contributed by atoms with E-state index in [1.165, 1.54) is 12.8 Å². The Balaban J connectivity index is 0. The van der Waals surface area contributed by atoms with Gasteiger partial charge in [-0.05, 0) is 38.5 Å². The van der Waals surface area contributed by atoms with E-state index < -0.39 is 30.4 Å². The summed E-state index contributed by atoms with van der Waals surface area (Å²) in [4.78, 5) is 29.9. The summed E-state index contributed by atoms with van der Waals surface area (Å²) in [7, 11) is 0. The van der Waals surface area contributed by atoms with Gasteiger partial charge in [0.1, 0.15) is 6.04 Å². The fourth-order valence-electron chi connectivity index (χ4n) is 2.17. The van der Waals surface area contributed by atoms with Crippen LogP contribution in [0.3, 0.4) is 0 Å². The molecule has 0 aliphatic carbocycles. The Kier molecular flexibility index (Phi) is 21.7. The van der Waals surface area contributed by atoms with Gasteiger partial charge in [-0.2, -0.15) is 0 Å². The van der Waals surface area contributed by atoms with Crippen LogP contribution in [0, 0.1) is 0 Å². The third-order valence-electron chi connectivity index (χ3n) is 3.75. The van der Waals surface area contributed by atoms with Crippen LogP contribution in [-0.2, 0) is 14.4 Å². The first-order valence-electron chi connectivity index (χ1n) is 10.2. The number of nitrogens with two attached hydrogens (primary N) is 1. The molecule has 0 bridgehead atoms. The largest absolute Gasteiger partial charge is 0.481 e. The van der Waals surface area contributed by atoms with Crippen molar-refractivity contribution in [3.63, 3.8) is 0 Å².